The van der Waals surface area contributed by atoms with Crippen molar-refractivity contribution in [3.63, 3.8) is 0 Å². The van der Waals surface area contributed by atoms with Gasteiger partial charge in [-0.1, -0.05) is 31.5 Å². The summed E-state index contributed by atoms with van der Waals surface area (Å²) in [5, 5.41) is 4.13. The van der Waals surface area contributed by atoms with Crippen molar-refractivity contribution in [2.24, 2.45) is 0 Å². The molecule has 1 N–H and O–H groups in total. The van der Waals surface area contributed by atoms with E-state index < -0.39 is 9.84 Å². The first-order valence-electron chi connectivity index (χ1n) is 7.09. The van der Waals surface area contributed by atoms with E-state index in [4.69, 9.17) is 11.6 Å². The Bertz CT molecular complexity index is 508. The molecule has 0 heterocycles. The minimum Gasteiger partial charge on any atom is -0.310 e. The van der Waals surface area contributed by atoms with E-state index in [-0.39, 0.29) is 17.5 Å². The monoisotopic (exact) mass is 317 g/mol. The van der Waals surface area contributed by atoms with Crippen LogP contribution >= 0.6 is 11.6 Å². The number of hydrogen-bond donors (Lipinski definition) is 1. The Balaban J connectivity index is 2.73. The molecule has 1 atom stereocenters. The van der Waals surface area contributed by atoms with Crippen LogP contribution in [0.1, 0.15) is 43.9 Å². The highest BCUT2D eigenvalue weighted by molar-refractivity contribution is 7.91. The van der Waals surface area contributed by atoms with Gasteiger partial charge in [0, 0.05) is 16.8 Å². The largest absolute Gasteiger partial charge is 0.310 e. The summed E-state index contributed by atoms with van der Waals surface area (Å²) in [4.78, 5) is 0. The SMILES string of the molecule is CCNC(CCCS(=O)(=O)CC)c1cc(C)cc(Cl)c1. The summed E-state index contributed by atoms with van der Waals surface area (Å²) in [6, 6.07) is 6.14. The van der Waals surface area contributed by atoms with E-state index >= 15 is 0 Å². The van der Waals surface area contributed by atoms with Gasteiger partial charge in [0.1, 0.15) is 9.84 Å². The van der Waals surface area contributed by atoms with Gasteiger partial charge in [-0.3, -0.25) is 0 Å². The Morgan fingerprint density at radius 3 is 2.50 bits per heavy atom. The highest BCUT2D eigenvalue weighted by Gasteiger charge is 2.14. The molecule has 0 aliphatic rings. The van der Waals surface area contributed by atoms with E-state index in [1.807, 2.05) is 26.0 Å². The molecule has 0 saturated carbocycles. The number of rotatable bonds is 8. The minimum atomic E-state index is -2.88. The maximum absolute atomic E-state index is 11.5. The molecule has 5 heteroatoms. The Kier molecular flexibility index (Phi) is 7.00. The molecule has 3 nitrogen and oxygen atoms in total. The fraction of sp³-hybridized carbons (Fsp3) is 0.600. The second-order valence-corrected chi connectivity index (χ2v) is 7.96. The zero-order chi connectivity index (χ0) is 15.2. The van der Waals surface area contributed by atoms with Crippen molar-refractivity contribution >= 4 is 21.4 Å². The highest BCUT2D eigenvalue weighted by atomic mass is 35.5. The third kappa shape index (κ3) is 5.81. The van der Waals surface area contributed by atoms with Gasteiger partial charge in [0.15, 0.2) is 0 Å². The quantitative estimate of drug-likeness (QED) is 0.798. The second-order valence-electron chi connectivity index (χ2n) is 5.05. The molecule has 0 aliphatic heterocycles. The van der Waals surface area contributed by atoms with Crippen LogP contribution in [-0.2, 0) is 9.84 Å². The Labute approximate surface area is 127 Å². The summed E-state index contributed by atoms with van der Waals surface area (Å²) in [5.41, 5.74) is 2.25. The predicted octanol–water partition coefficient (Wildman–Crippen LogP) is 3.51. The van der Waals surface area contributed by atoms with E-state index in [9.17, 15) is 8.42 Å². The lowest BCUT2D eigenvalue weighted by atomic mass is 10.0. The van der Waals surface area contributed by atoms with Crippen molar-refractivity contribution in [2.75, 3.05) is 18.1 Å². The van der Waals surface area contributed by atoms with Crippen LogP contribution in [-0.4, -0.2) is 26.5 Å². The van der Waals surface area contributed by atoms with Gasteiger partial charge in [-0.2, -0.15) is 0 Å². The number of sulfone groups is 1. The first-order valence-corrected chi connectivity index (χ1v) is 9.28. The lowest BCUT2D eigenvalue weighted by molar-refractivity contribution is 0.506. The standard InChI is InChI=1S/C15H24ClNO2S/c1-4-17-15(7-6-8-20(18,19)5-2)13-9-12(3)10-14(16)11-13/h9-11,15,17H,4-8H2,1-3H3. The molecule has 20 heavy (non-hydrogen) atoms. The zero-order valence-corrected chi connectivity index (χ0v) is 14.0. The molecular formula is C15H24ClNO2S. The Hall–Kier alpha value is -0.580. The minimum absolute atomic E-state index is 0.157. The summed E-state index contributed by atoms with van der Waals surface area (Å²) < 4.78 is 23.1. The number of nitrogens with one attached hydrogen (secondary N) is 1. The molecule has 0 spiro atoms. The molecule has 1 rings (SSSR count). The summed E-state index contributed by atoms with van der Waals surface area (Å²) in [6.07, 6.45) is 1.46. The predicted molar refractivity (Wildman–Crippen MR) is 86.2 cm³/mol. The molecule has 0 aliphatic carbocycles. The highest BCUT2D eigenvalue weighted by Crippen LogP contribution is 2.24. The number of aryl methyl sites for hydroxylation is 1. The van der Waals surface area contributed by atoms with Gasteiger partial charge in [-0.15, -0.1) is 0 Å². The van der Waals surface area contributed by atoms with Gasteiger partial charge in [0.2, 0.25) is 0 Å². The number of hydrogen-bond acceptors (Lipinski definition) is 3. The van der Waals surface area contributed by atoms with Crippen molar-refractivity contribution in [3.8, 4) is 0 Å². The number of halogens is 1. The van der Waals surface area contributed by atoms with Gasteiger partial charge >= 0.3 is 0 Å². The molecular weight excluding hydrogens is 294 g/mol. The molecule has 0 aromatic heterocycles. The molecule has 0 fully saturated rings. The molecule has 0 saturated heterocycles. The van der Waals surface area contributed by atoms with Crippen LogP contribution in [0.5, 0.6) is 0 Å². The Morgan fingerprint density at radius 1 is 1.25 bits per heavy atom. The molecule has 1 aromatic carbocycles. The maximum Gasteiger partial charge on any atom is 0.150 e. The van der Waals surface area contributed by atoms with Crippen LogP contribution in [0.4, 0.5) is 0 Å². The fourth-order valence-electron chi connectivity index (χ4n) is 2.25. The topological polar surface area (TPSA) is 46.2 Å². The summed E-state index contributed by atoms with van der Waals surface area (Å²) >= 11 is 6.10. The van der Waals surface area contributed by atoms with Gasteiger partial charge in [-0.05, 0) is 49.6 Å². The van der Waals surface area contributed by atoms with E-state index in [2.05, 4.69) is 11.4 Å². The van der Waals surface area contributed by atoms with Crippen molar-refractivity contribution in [1.29, 1.82) is 0 Å². The summed E-state index contributed by atoms with van der Waals surface area (Å²) in [7, 11) is -2.88. The van der Waals surface area contributed by atoms with Crippen LogP contribution in [0.3, 0.4) is 0 Å². The van der Waals surface area contributed by atoms with Gasteiger partial charge in [0.25, 0.3) is 0 Å². The van der Waals surface area contributed by atoms with Crippen LogP contribution in [0, 0.1) is 6.92 Å². The molecule has 0 bridgehead atoms. The Morgan fingerprint density at radius 2 is 1.95 bits per heavy atom. The summed E-state index contributed by atoms with van der Waals surface area (Å²) in [5.74, 6) is 0.472. The van der Waals surface area contributed by atoms with Crippen LogP contribution in [0.15, 0.2) is 18.2 Å². The van der Waals surface area contributed by atoms with Crippen LogP contribution < -0.4 is 5.32 Å². The molecule has 114 valence electrons. The van der Waals surface area contributed by atoms with Crippen LogP contribution in [0.2, 0.25) is 5.02 Å². The van der Waals surface area contributed by atoms with Crippen LogP contribution in [0.25, 0.3) is 0 Å². The van der Waals surface area contributed by atoms with Gasteiger partial charge in [0.05, 0.1) is 5.75 Å². The van der Waals surface area contributed by atoms with Gasteiger partial charge < -0.3 is 5.32 Å². The summed E-state index contributed by atoms with van der Waals surface area (Å²) in [6.45, 7) is 6.60. The van der Waals surface area contributed by atoms with E-state index in [0.717, 1.165) is 29.1 Å². The van der Waals surface area contributed by atoms with Crippen molar-refractivity contribution in [1.82, 2.24) is 5.32 Å². The molecule has 0 amide bonds. The lowest BCUT2D eigenvalue weighted by Gasteiger charge is -2.19. The third-order valence-electron chi connectivity index (χ3n) is 3.31. The van der Waals surface area contributed by atoms with E-state index in [1.165, 1.54) is 0 Å². The van der Waals surface area contributed by atoms with Crippen molar-refractivity contribution < 1.29 is 8.42 Å². The smallest absolute Gasteiger partial charge is 0.150 e. The molecule has 0 radical (unpaired) electrons. The number of benzene rings is 1. The maximum atomic E-state index is 11.5. The van der Waals surface area contributed by atoms with Crippen molar-refractivity contribution in [3.05, 3.63) is 34.3 Å². The fourth-order valence-corrected chi connectivity index (χ4v) is 3.44. The van der Waals surface area contributed by atoms with Crippen molar-refractivity contribution in [2.45, 2.75) is 39.7 Å². The third-order valence-corrected chi connectivity index (χ3v) is 5.31. The molecule has 1 aromatic rings. The normalized spacial score (nSPS) is 13.4. The van der Waals surface area contributed by atoms with Gasteiger partial charge in [-0.25, -0.2) is 8.42 Å². The van der Waals surface area contributed by atoms with E-state index in [1.54, 1.807) is 6.92 Å². The average Bonchev–Trinajstić information content (AvgIpc) is 2.36. The van der Waals surface area contributed by atoms with E-state index in [0.29, 0.717) is 6.42 Å². The molecule has 1 unspecified atom stereocenters. The second kappa shape index (κ2) is 8.01. The first-order chi connectivity index (χ1) is 9.38. The first kappa shape index (κ1) is 17.5. The lowest BCUT2D eigenvalue weighted by Crippen LogP contribution is -2.22. The average molecular weight is 318 g/mol. The zero-order valence-electron chi connectivity index (χ0n) is 12.4.